The Morgan fingerprint density at radius 3 is 2.79 bits per heavy atom. The van der Waals surface area contributed by atoms with Crippen LogP contribution in [0.1, 0.15) is 36.1 Å². The molecular weight excluding hydrogens is 490 g/mol. The Bertz CT molecular complexity index is 1740. The number of benzene rings is 1. The number of hydrogen-bond donors (Lipinski definition) is 3. The van der Waals surface area contributed by atoms with Crippen molar-refractivity contribution < 1.29 is 0 Å². The van der Waals surface area contributed by atoms with Crippen molar-refractivity contribution in [2.45, 2.75) is 39.2 Å². The SMILES string of the molecule is Cc1ccc(-c2cccc3[nH]c(-c4[nH]nc5ncc(-c6cncc(CNCC7CCCC7)c6)cc45)nc23)s1. The molecule has 1 fully saturated rings. The van der Waals surface area contributed by atoms with Gasteiger partial charge in [-0.25, -0.2) is 9.97 Å². The summed E-state index contributed by atoms with van der Waals surface area (Å²) in [5, 5.41) is 12.2. The second-order valence-electron chi connectivity index (χ2n) is 10.3. The number of aryl methyl sites for hydroxylation is 1. The number of nitrogens with zero attached hydrogens (tertiary/aromatic N) is 4. The number of aromatic nitrogens is 6. The number of pyridine rings is 2. The molecular formula is C30H29N7S. The summed E-state index contributed by atoms with van der Waals surface area (Å²) in [6.07, 6.45) is 11.2. The molecule has 0 spiro atoms. The minimum absolute atomic E-state index is 0.667. The van der Waals surface area contributed by atoms with Crippen LogP contribution in [0.3, 0.4) is 0 Å². The van der Waals surface area contributed by atoms with E-state index in [1.807, 2.05) is 18.6 Å². The number of hydrogen-bond acceptors (Lipinski definition) is 6. The molecule has 0 radical (unpaired) electrons. The molecule has 3 N–H and O–H groups in total. The van der Waals surface area contributed by atoms with Gasteiger partial charge in [-0.1, -0.05) is 25.0 Å². The molecule has 8 heteroatoms. The van der Waals surface area contributed by atoms with Gasteiger partial charge in [-0.05, 0) is 68.1 Å². The zero-order chi connectivity index (χ0) is 25.5. The minimum Gasteiger partial charge on any atom is -0.337 e. The average molecular weight is 520 g/mol. The van der Waals surface area contributed by atoms with Crippen molar-refractivity contribution in [3.05, 3.63) is 71.5 Å². The summed E-state index contributed by atoms with van der Waals surface area (Å²) in [7, 11) is 0. The second kappa shape index (κ2) is 9.78. The molecule has 0 saturated heterocycles. The average Bonchev–Trinajstić information content (AvgIpc) is 3.74. The van der Waals surface area contributed by atoms with Gasteiger partial charge >= 0.3 is 0 Å². The summed E-state index contributed by atoms with van der Waals surface area (Å²) >= 11 is 1.78. The highest BCUT2D eigenvalue weighted by Gasteiger charge is 2.17. The van der Waals surface area contributed by atoms with Crippen molar-refractivity contribution in [2.24, 2.45) is 5.92 Å². The van der Waals surface area contributed by atoms with Gasteiger partial charge in [-0.3, -0.25) is 10.1 Å². The van der Waals surface area contributed by atoms with Crippen LogP contribution >= 0.6 is 11.3 Å². The molecule has 1 saturated carbocycles. The van der Waals surface area contributed by atoms with Crippen LogP contribution in [0.25, 0.3) is 55.2 Å². The molecule has 6 aromatic rings. The lowest BCUT2D eigenvalue weighted by Gasteiger charge is -2.11. The van der Waals surface area contributed by atoms with Gasteiger partial charge in [-0.2, -0.15) is 5.10 Å². The first-order chi connectivity index (χ1) is 18.7. The number of thiophene rings is 1. The molecule has 7 nitrogen and oxygen atoms in total. The summed E-state index contributed by atoms with van der Waals surface area (Å²) < 4.78 is 0. The van der Waals surface area contributed by atoms with Crippen molar-refractivity contribution in [3.63, 3.8) is 0 Å². The van der Waals surface area contributed by atoms with Crippen LogP contribution in [0, 0.1) is 12.8 Å². The van der Waals surface area contributed by atoms with E-state index in [1.165, 1.54) is 41.0 Å². The maximum atomic E-state index is 5.01. The number of imidazole rings is 1. The topological polar surface area (TPSA) is 95.2 Å². The molecule has 1 aliphatic rings. The zero-order valence-electron chi connectivity index (χ0n) is 21.3. The Morgan fingerprint density at radius 2 is 1.92 bits per heavy atom. The number of para-hydroxylation sites is 1. The monoisotopic (exact) mass is 519 g/mol. The quantitative estimate of drug-likeness (QED) is 0.214. The van der Waals surface area contributed by atoms with Gasteiger partial charge in [0.15, 0.2) is 11.5 Å². The van der Waals surface area contributed by atoms with E-state index >= 15 is 0 Å². The van der Waals surface area contributed by atoms with Crippen molar-refractivity contribution in [3.8, 4) is 33.1 Å². The van der Waals surface area contributed by atoms with E-state index in [2.05, 4.69) is 79.9 Å². The lowest BCUT2D eigenvalue weighted by Crippen LogP contribution is -2.20. The molecule has 0 bridgehead atoms. The number of aromatic amines is 2. The van der Waals surface area contributed by atoms with Crippen LogP contribution in [0.4, 0.5) is 0 Å². The smallest absolute Gasteiger partial charge is 0.181 e. The summed E-state index contributed by atoms with van der Waals surface area (Å²) in [6.45, 7) is 4.04. The minimum atomic E-state index is 0.667. The fourth-order valence-corrected chi connectivity index (χ4v) is 6.44. The lowest BCUT2D eigenvalue weighted by atomic mass is 10.1. The third kappa shape index (κ3) is 4.40. The van der Waals surface area contributed by atoms with Crippen molar-refractivity contribution in [1.82, 2.24) is 35.5 Å². The van der Waals surface area contributed by atoms with E-state index < -0.39 is 0 Å². The summed E-state index contributed by atoms with van der Waals surface area (Å²) in [4.78, 5) is 20.2. The van der Waals surface area contributed by atoms with Crippen molar-refractivity contribution in [1.29, 1.82) is 0 Å². The van der Waals surface area contributed by atoms with Gasteiger partial charge in [0, 0.05) is 51.6 Å². The molecule has 5 heterocycles. The maximum Gasteiger partial charge on any atom is 0.181 e. The van der Waals surface area contributed by atoms with Gasteiger partial charge in [0.05, 0.1) is 16.4 Å². The molecule has 1 aliphatic carbocycles. The Morgan fingerprint density at radius 1 is 1.03 bits per heavy atom. The van der Waals surface area contributed by atoms with E-state index in [9.17, 15) is 0 Å². The molecule has 0 atom stereocenters. The number of H-pyrrole nitrogens is 2. The van der Waals surface area contributed by atoms with Crippen LogP contribution in [0.5, 0.6) is 0 Å². The number of rotatable bonds is 7. The molecule has 7 rings (SSSR count). The predicted molar refractivity (Wildman–Crippen MR) is 154 cm³/mol. The zero-order valence-corrected chi connectivity index (χ0v) is 22.1. The highest BCUT2D eigenvalue weighted by atomic mass is 32.1. The van der Waals surface area contributed by atoms with Crippen LogP contribution in [0.15, 0.2) is 61.1 Å². The van der Waals surface area contributed by atoms with Gasteiger partial charge in [-0.15, -0.1) is 11.3 Å². The standard InChI is InChI=1S/C30H29N7S/c1-18-9-10-26(38-18)23-7-4-8-25-27(23)35-30(34-25)28-24-12-22(17-33-29(24)37-36-28)21-11-20(15-32-16-21)14-31-13-19-5-2-3-6-19/h4,7-12,15-17,19,31H,2-3,5-6,13-14H2,1H3,(H,34,35)(H,33,36,37). The van der Waals surface area contributed by atoms with E-state index in [1.54, 1.807) is 11.3 Å². The van der Waals surface area contributed by atoms with Crippen LogP contribution < -0.4 is 5.32 Å². The second-order valence-corrected chi connectivity index (χ2v) is 11.5. The van der Waals surface area contributed by atoms with E-state index in [0.29, 0.717) is 5.65 Å². The summed E-state index contributed by atoms with van der Waals surface area (Å²) in [5.74, 6) is 1.58. The van der Waals surface area contributed by atoms with Crippen LogP contribution in [-0.4, -0.2) is 36.7 Å². The molecule has 5 aromatic heterocycles. The van der Waals surface area contributed by atoms with Gasteiger partial charge in [0.25, 0.3) is 0 Å². The highest BCUT2D eigenvalue weighted by molar-refractivity contribution is 7.15. The Labute approximate surface area is 224 Å². The molecule has 1 aromatic carbocycles. The molecule has 0 unspecified atom stereocenters. The van der Waals surface area contributed by atoms with E-state index in [0.717, 1.165) is 63.6 Å². The van der Waals surface area contributed by atoms with E-state index in [4.69, 9.17) is 4.98 Å². The van der Waals surface area contributed by atoms with E-state index in [-0.39, 0.29) is 0 Å². The Hall–Kier alpha value is -3.88. The maximum absolute atomic E-state index is 5.01. The van der Waals surface area contributed by atoms with Gasteiger partial charge < -0.3 is 10.3 Å². The normalized spacial score (nSPS) is 14.2. The summed E-state index contributed by atoms with van der Waals surface area (Å²) in [6, 6.07) is 14.9. The Balaban J connectivity index is 1.20. The van der Waals surface area contributed by atoms with Gasteiger partial charge in [0.2, 0.25) is 0 Å². The largest absolute Gasteiger partial charge is 0.337 e. The van der Waals surface area contributed by atoms with Crippen LogP contribution in [-0.2, 0) is 6.54 Å². The first-order valence-corrected chi connectivity index (χ1v) is 14.1. The third-order valence-corrected chi connectivity index (χ3v) is 8.56. The van der Waals surface area contributed by atoms with Gasteiger partial charge in [0.1, 0.15) is 5.69 Å². The summed E-state index contributed by atoms with van der Waals surface area (Å²) in [5.41, 5.74) is 7.83. The lowest BCUT2D eigenvalue weighted by molar-refractivity contribution is 0.489. The number of fused-ring (bicyclic) bond motifs is 2. The fraction of sp³-hybridized carbons (Fsp3) is 0.267. The van der Waals surface area contributed by atoms with Crippen molar-refractivity contribution >= 4 is 33.4 Å². The number of nitrogens with one attached hydrogen (secondary N) is 3. The Kier molecular flexibility index (Phi) is 5.98. The molecule has 38 heavy (non-hydrogen) atoms. The molecule has 0 amide bonds. The van der Waals surface area contributed by atoms with Crippen LogP contribution in [0.2, 0.25) is 0 Å². The molecule has 0 aliphatic heterocycles. The molecule has 190 valence electrons. The fourth-order valence-electron chi connectivity index (χ4n) is 5.54. The predicted octanol–water partition coefficient (Wildman–Crippen LogP) is 6.88. The third-order valence-electron chi connectivity index (χ3n) is 7.53. The highest BCUT2D eigenvalue weighted by Crippen LogP contribution is 2.35. The first-order valence-electron chi connectivity index (χ1n) is 13.3. The first kappa shape index (κ1) is 23.3. The van der Waals surface area contributed by atoms with Crippen molar-refractivity contribution in [2.75, 3.05) is 6.54 Å².